The van der Waals surface area contributed by atoms with Crippen LogP contribution in [0.4, 0.5) is 0 Å². The Kier molecular flexibility index (Phi) is 2.49. The topological polar surface area (TPSA) is 43.6 Å². The van der Waals surface area contributed by atoms with E-state index in [0.717, 1.165) is 22.4 Å². The molecule has 1 aromatic carbocycles. The molecule has 0 atom stereocenters. The first-order chi connectivity index (χ1) is 8.38. The molecule has 0 unspecified atom stereocenters. The van der Waals surface area contributed by atoms with E-state index in [0.29, 0.717) is 5.88 Å². The first-order valence-electron chi connectivity index (χ1n) is 5.20. The summed E-state index contributed by atoms with van der Waals surface area (Å²) < 4.78 is 1.72. The van der Waals surface area contributed by atoms with Crippen molar-refractivity contribution in [3.63, 3.8) is 0 Å². The summed E-state index contributed by atoms with van der Waals surface area (Å²) in [6, 6.07) is 11.6. The number of hydrogen-bond donors (Lipinski definition) is 0. The molecule has 0 radical (unpaired) electrons. The monoisotopic (exact) mass is 244 g/mol. The van der Waals surface area contributed by atoms with Crippen molar-refractivity contribution >= 4 is 22.6 Å². The van der Waals surface area contributed by atoms with Crippen molar-refractivity contribution in [2.45, 2.75) is 5.88 Å². The van der Waals surface area contributed by atoms with Crippen LogP contribution >= 0.6 is 11.6 Å². The Balaban J connectivity index is 2.13. The minimum atomic E-state index is 0.464. The molecule has 84 valence electrons. The van der Waals surface area contributed by atoms with Crippen LogP contribution < -0.4 is 0 Å². The predicted octanol–water partition coefficient (Wildman–Crippen LogP) is 2.55. The summed E-state index contributed by atoms with van der Waals surface area (Å²) in [6.07, 6.45) is 1.75. The third kappa shape index (κ3) is 1.76. The first kappa shape index (κ1) is 10.2. The molecule has 0 fully saturated rings. The highest BCUT2D eigenvalue weighted by atomic mass is 35.5. The lowest BCUT2D eigenvalue weighted by Crippen LogP contribution is -1.99. The Bertz CT molecular complexity index is 645. The molecular formula is C12H9ClN4. The second kappa shape index (κ2) is 4.14. The van der Waals surface area contributed by atoms with Crippen LogP contribution in [-0.4, -0.2) is 20.0 Å². The first-order valence-corrected chi connectivity index (χ1v) is 5.73. The number of fused-ring (bicyclic) bond motifs is 1. The molecule has 0 amide bonds. The molecule has 0 aliphatic rings. The van der Waals surface area contributed by atoms with Gasteiger partial charge in [0.2, 0.25) is 0 Å². The maximum absolute atomic E-state index is 5.72. The second-order valence-corrected chi connectivity index (χ2v) is 3.92. The van der Waals surface area contributed by atoms with E-state index in [4.69, 9.17) is 11.6 Å². The third-order valence-corrected chi connectivity index (χ3v) is 2.84. The zero-order valence-corrected chi connectivity index (χ0v) is 9.67. The van der Waals surface area contributed by atoms with E-state index < -0.39 is 0 Å². The number of nitrogens with zero attached hydrogens (tertiary/aromatic N) is 4. The number of halogens is 1. The molecule has 0 N–H and O–H groups in total. The van der Waals surface area contributed by atoms with Gasteiger partial charge in [0.15, 0.2) is 5.82 Å². The van der Waals surface area contributed by atoms with Crippen LogP contribution in [0.15, 0.2) is 42.6 Å². The van der Waals surface area contributed by atoms with Gasteiger partial charge in [-0.05, 0) is 23.8 Å². The van der Waals surface area contributed by atoms with E-state index in [1.54, 1.807) is 10.9 Å². The molecule has 0 aliphatic carbocycles. The molecule has 0 saturated carbocycles. The van der Waals surface area contributed by atoms with Crippen LogP contribution in [0.5, 0.6) is 0 Å². The van der Waals surface area contributed by atoms with E-state index in [-0.39, 0.29) is 0 Å². The van der Waals surface area contributed by atoms with Crippen molar-refractivity contribution < 1.29 is 0 Å². The Hall–Kier alpha value is -1.94. The molecular weight excluding hydrogens is 236 g/mol. The summed E-state index contributed by atoms with van der Waals surface area (Å²) in [5.74, 6) is 1.21. The average molecular weight is 245 g/mol. The molecule has 0 saturated heterocycles. The van der Waals surface area contributed by atoms with Crippen LogP contribution in [0.2, 0.25) is 0 Å². The lowest BCUT2D eigenvalue weighted by atomic mass is 10.3. The third-order valence-electron chi connectivity index (χ3n) is 2.53. The molecule has 3 rings (SSSR count). The number of hydrogen-bond acceptors (Lipinski definition) is 3. The number of aromatic nitrogens is 4. The highest BCUT2D eigenvalue weighted by Crippen LogP contribution is 2.14. The summed E-state index contributed by atoms with van der Waals surface area (Å²) in [5.41, 5.74) is 2.79. The fourth-order valence-corrected chi connectivity index (χ4v) is 1.82. The fourth-order valence-electron chi connectivity index (χ4n) is 1.66. The largest absolute Gasteiger partial charge is 0.237 e. The van der Waals surface area contributed by atoms with Gasteiger partial charge in [-0.15, -0.1) is 16.7 Å². The Morgan fingerprint density at radius 2 is 2.00 bits per heavy atom. The smallest absolute Gasteiger partial charge is 0.155 e. The Morgan fingerprint density at radius 3 is 2.76 bits per heavy atom. The van der Waals surface area contributed by atoms with E-state index in [1.165, 1.54) is 0 Å². The van der Waals surface area contributed by atoms with Gasteiger partial charge in [0.1, 0.15) is 5.52 Å². The lowest BCUT2D eigenvalue weighted by Gasteiger charge is -2.01. The maximum Gasteiger partial charge on any atom is 0.155 e. The number of rotatable bonds is 2. The summed E-state index contributed by atoms with van der Waals surface area (Å²) in [5, 5.41) is 8.18. The minimum Gasteiger partial charge on any atom is -0.237 e. The summed E-state index contributed by atoms with van der Waals surface area (Å²) in [4.78, 5) is 4.32. The van der Waals surface area contributed by atoms with Crippen LogP contribution in [-0.2, 0) is 5.88 Å². The maximum atomic E-state index is 5.72. The average Bonchev–Trinajstić information content (AvgIpc) is 2.83. The van der Waals surface area contributed by atoms with Crippen molar-refractivity contribution in [1.82, 2.24) is 20.0 Å². The van der Waals surface area contributed by atoms with Gasteiger partial charge in [-0.3, -0.25) is 0 Å². The highest BCUT2D eigenvalue weighted by molar-refractivity contribution is 6.17. The van der Waals surface area contributed by atoms with E-state index in [9.17, 15) is 0 Å². The van der Waals surface area contributed by atoms with Gasteiger partial charge >= 0.3 is 0 Å². The standard InChI is InChI=1S/C12H9ClN4/c13-7-9-5-6-12(14-8-9)17-11-4-2-1-3-10(11)15-16-17/h1-6,8H,7H2. The zero-order chi connectivity index (χ0) is 11.7. The van der Waals surface area contributed by atoms with Crippen LogP contribution in [0.25, 0.3) is 16.9 Å². The van der Waals surface area contributed by atoms with Crippen LogP contribution in [0.1, 0.15) is 5.56 Å². The van der Waals surface area contributed by atoms with Crippen LogP contribution in [0.3, 0.4) is 0 Å². The van der Waals surface area contributed by atoms with Crippen molar-refractivity contribution in [3.05, 3.63) is 48.2 Å². The van der Waals surface area contributed by atoms with Gasteiger partial charge < -0.3 is 0 Å². The molecule has 0 spiro atoms. The molecule has 2 aromatic heterocycles. The van der Waals surface area contributed by atoms with E-state index in [2.05, 4.69) is 15.3 Å². The van der Waals surface area contributed by atoms with Gasteiger partial charge in [0.25, 0.3) is 0 Å². The molecule has 0 aliphatic heterocycles. The molecule has 17 heavy (non-hydrogen) atoms. The quantitative estimate of drug-likeness (QED) is 0.651. The van der Waals surface area contributed by atoms with Gasteiger partial charge in [0.05, 0.1) is 5.52 Å². The molecule has 0 bridgehead atoms. The van der Waals surface area contributed by atoms with Gasteiger partial charge in [-0.1, -0.05) is 23.4 Å². The zero-order valence-electron chi connectivity index (χ0n) is 8.92. The SMILES string of the molecule is ClCc1ccc(-n2nnc3ccccc32)nc1. The number of para-hydroxylation sites is 1. The molecule has 3 aromatic rings. The number of benzene rings is 1. The highest BCUT2D eigenvalue weighted by Gasteiger charge is 2.06. The predicted molar refractivity (Wildman–Crippen MR) is 66.2 cm³/mol. The summed E-state index contributed by atoms with van der Waals surface area (Å²) >= 11 is 5.72. The molecule has 4 nitrogen and oxygen atoms in total. The minimum absolute atomic E-state index is 0.464. The van der Waals surface area contributed by atoms with E-state index in [1.807, 2.05) is 36.4 Å². The number of pyridine rings is 1. The summed E-state index contributed by atoms with van der Waals surface area (Å²) in [6.45, 7) is 0. The molecule has 5 heteroatoms. The van der Waals surface area contributed by atoms with Gasteiger partial charge in [-0.25, -0.2) is 4.98 Å². The van der Waals surface area contributed by atoms with Gasteiger partial charge in [-0.2, -0.15) is 4.68 Å². The van der Waals surface area contributed by atoms with Crippen molar-refractivity contribution in [3.8, 4) is 5.82 Å². The lowest BCUT2D eigenvalue weighted by molar-refractivity contribution is 0.800. The van der Waals surface area contributed by atoms with Crippen LogP contribution in [0, 0.1) is 0 Å². The number of alkyl halides is 1. The Labute approximate surface area is 103 Å². The second-order valence-electron chi connectivity index (χ2n) is 3.65. The summed E-state index contributed by atoms with van der Waals surface area (Å²) in [7, 11) is 0. The Morgan fingerprint density at radius 1 is 1.12 bits per heavy atom. The van der Waals surface area contributed by atoms with Crippen molar-refractivity contribution in [1.29, 1.82) is 0 Å². The fraction of sp³-hybridized carbons (Fsp3) is 0.0833. The van der Waals surface area contributed by atoms with Crippen molar-refractivity contribution in [2.24, 2.45) is 0 Å². The normalized spacial score (nSPS) is 10.9. The van der Waals surface area contributed by atoms with E-state index >= 15 is 0 Å². The van der Waals surface area contributed by atoms with Crippen molar-refractivity contribution in [2.75, 3.05) is 0 Å². The molecule has 2 heterocycles. The van der Waals surface area contributed by atoms with Gasteiger partial charge in [0, 0.05) is 12.1 Å².